The van der Waals surface area contributed by atoms with Gasteiger partial charge in [0.25, 0.3) is 0 Å². The van der Waals surface area contributed by atoms with Crippen LogP contribution in [0, 0.1) is 16.7 Å². The SMILES string of the molecule is CCCCCCOC(=O)C(CC)(CC)C(=O)OCC(C)CC(C)(C)C. The highest BCUT2D eigenvalue weighted by Crippen LogP contribution is 2.31. The van der Waals surface area contributed by atoms with Crippen LogP contribution in [0.2, 0.25) is 0 Å². The zero-order chi connectivity index (χ0) is 19.5. The summed E-state index contributed by atoms with van der Waals surface area (Å²) in [6.45, 7) is 15.2. The van der Waals surface area contributed by atoms with Gasteiger partial charge in [-0.25, -0.2) is 0 Å². The molecule has 0 aromatic heterocycles. The lowest BCUT2D eigenvalue weighted by Gasteiger charge is -2.28. The third-order valence-corrected chi connectivity index (χ3v) is 4.68. The van der Waals surface area contributed by atoms with Gasteiger partial charge < -0.3 is 9.47 Å². The Morgan fingerprint density at radius 3 is 1.92 bits per heavy atom. The molecule has 1 unspecified atom stereocenters. The standard InChI is InChI=1S/C21H40O4/c1-8-11-12-13-14-24-18(22)21(9-2,10-3)19(23)25-16-17(4)15-20(5,6)7/h17H,8-16H2,1-7H3. The summed E-state index contributed by atoms with van der Waals surface area (Å²) in [5.41, 5.74) is -0.970. The number of hydrogen-bond acceptors (Lipinski definition) is 4. The van der Waals surface area contributed by atoms with Crippen LogP contribution in [0.25, 0.3) is 0 Å². The lowest BCUT2D eigenvalue weighted by Crippen LogP contribution is -2.41. The predicted molar refractivity (Wildman–Crippen MR) is 102 cm³/mol. The molecule has 0 aliphatic carbocycles. The topological polar surface area (TPSA) is 52.6 Å². The van der Waals surface area contributed by atoms with E-state index in [-0.39, 0.29) is 11.3 Å². The van der Waals surface area contributed by atoms with Gasteiger partial charge in [0.1, 0.15) is 0 Å². The first kappa shape index (κ1) is 23.9. The molecule has 0 aromatic carbocycles. The first-order chi connectivity index (χ1) is 11.6. The first-order valence-electron chi connectivity index (χ1n) is 9.97. The summed E-state index contributed by atoms with van der Waals surface area (Å²) in [4.78, 5) is 25.2. The predicted octanol–water partition coefficient (Wildman–Crippen LogP) is 5.53. The lowest BCUT2D eigenvalue weighted by atomic mass is 9.82. The lowest BCUT2D eigenvalue weighted by molar-refractivity contribution is -0.174. The van der Waals surface area contributed by atoms with E-state index in [4.69, 9.17) is 9.47 Å². The molecular weight excluding hydrogens is 316 g/mol. The Balaban J connectivity index is 4.65. The van der Waals surface area contributed by atoms with E-state index in [1.807, 2.05) is 13.8 Å². The minimum atomic E-state index is -1.16. The quantitative estimate of drug-likeness (QED) is 0.262. The Labute approximate surface area is 155 Å². The van der Waals surface area contributed by atoms with Crippen LogP contribution in [0.1, 0.15) is 93.4 Å². The maximum absolute atomic E-state index is 12.7. The minimum absolute atomic E-state index is 0.190. The Morgan fingerprint density at radius 2 is 1.44 bits per heavy atom. The Hall–Kier alpha value is -1.06. The van der Waals surface area contributed by atoms with Crippen LogP contribution in [-0.2, 0) is 19.1 Å². The molecule has 0 saturated carbocycles. The highest BCUT2D eigenvalue weighted by atomic mass is 16.6. The van der Waals surface area contributed by atoms with Gasteiger partial charge in [-0.1, -0.05) is 67.7 Å². The molecule has 25 heavy (non-hydrogen) atoms. The van der Waals surface area contributed by atoms with Crippen molar-refractivity contribution >= 4 is 11.9 Å². The average molecular weight is 357 g/mol. The molecule has 0 aromatic rings. The van der Waals surface area contributed by atoms with E-state index in [1.165, 1.54) is 0 Å². The van der Waals surface area contributed by atoms with E-state index in [0.29, 0.717) is 26.1 Å². The van der Waals surface area contributed by atoms with Gasteiger partial charge in [0.15, 0.2) is 5.41 Å². The highest BCUT2D eigenvalue weighted by Gasteiger charge is 2.46. The van der Waals surface area contributed by atoms with Crippen LogP contribution in [0.15, 0.2) is 0 Å². The molecule has 0 N–H and O–H groups in total. The van der Waals surface area contributed by atoms with Gasteiger partial charge in [0.05, 0.1) is 13.2 Å². The number of rotatable bonds is 12. The molecule has 0 amide bonds. The Morgan fingerprint density at radius 1 is 0.880 bits per heavy atom. The summed E-state index contributed by atoms with van der Waals surface area (Å²) < 4.78 is 10.9. The van der Waals surface area contributed by atoms with Gasteiger partial charge in [-0.3, -0.25) is 9.59 Å². The smallest absolute Gasteiger partial charge is 0.323 e. The van der Waals surface area contributed by atoms with E-state index >= 15 is 0 Å². The molecule has 0 bridgehead atoms. The van der Waals surface area contributed by atoms with Crippen LogP contribution >= 0.6 is 0 Å². The van der Waals surface area contributed by atoms with Gasteiger partial charge in [-0.05, 0) is 37.0 Å². The van der Waals surface area contributed by atoms with Crippen molar-refractivity contribution in [2.24, 2.45) is 16.7 Å². The highest BCUT2D eigenvalue weighted by molar-refractivity contribution is 5.99. The fourth-order valence-corrected chi connectivity index (χ4v) is 3.20. The van der Waals surface area contributed by atoms with Crippen molar-refractivity contribution in [1.82, 2.24) is 0 Å². The van der Waals surface area contributed by atoms with Crippen molar-refractivity contribution in [3.63, 3.8) is 0 Å². The van der Waals surface area contributed by atoms with Crippen molar-refractivity contribution in [2.75, 3.05) is 13.2 Å². The van der Waals surface area contributed by atoms with Crippen molar-refractivity contribution in [3.05, 3.63) is 0 Å². The zero-order valence-electron chi connectivity index (χ0n) is 17.6. The van der Waals surface area contributed by atoms with Crippen molar-refractivity contribution < 1.29 is 19.1 Å². The van der Waals surface area contributed by atoms with Crippen molar-refractivity contribution in [2.45, 2.75) is 93.4 Å². The zero-order valence-corrected chi connectivity index (χ0v) is 17.6. The molecule has 0 aliphatic heterocycles. The molecule has 148 valence electrons. The molecule has 0 spiro atoms. The van der Waals surface area contributed by atoms with E-state index in [9.17, 15) is 9.59 Å². The Bertz CT molecular complexity index is 391. The third-order valence-electron chi connectivity index (χ3n) is 4.68. The number of hydrogen-bond donors (Lipinski definition) is 0. The van der Waals surface area contributed by atoms with Crippen molar-refractivity contribution in [1.29, 1.82) is 0 Å². The summed E-state index contributed by atoms with van der Waals surface area (Å²) in [5.74, 6) is -0.597. The molecule has 0 saturated heterocycles. The number of unbranched alkanes of at least 4 members (excludes halogenated alkanes) is 3. The van der Waals surface area contributed by atoms with Gasteiger partial charge in [-0.2, -0.15) is 0 Å². The molecule has 0 fully saturated rings. The number of carbonyl (C=O) groups is 2. The van der Waals surface area contributed by atoms with Crippen LogP contribution in [0.5, 0.6) is 0 Å². The van der Waals surface area contributed by atoms with Crippen LogP contribution in [0.3, 0.4) is 0 Å². The Kier molecular flexibility index (Phi) is 11.0. The molecule has 4 heteroatoms. The summed E-state index contributed by atoms with van der Waals surface area (Å²) in [6.07, 6.45) is 5.95. The van der Waals surface area contributed by atoms with Crippen molar-refractivity contribution in [3.8, 4) is 0 Å². The second kappa shape index (κ2) is 11.5. The van der Waals surface area contributed by atoms with Crippen LogP contribution in [-0.4, -0.2) is 25.2 Å². The van der Waals surface area contributed by atoms with Gasteiger partial charge in [-0.15, -0.1) is 0 Å². The molecule has 0 aliphatic rings. The van der Waals surface area contributed by atoms with E-state index < -0.39 is 17.4 Å². The number of carbonyl (C=O) groups excluding carboxylic acids is 2. The fourth-order valence-electron chi connectivity index (χ4n) is 3.20. The average Bonchev–Trinajstić information content (AvgIpc) is 2.52. The van der Waals surface area contributed by atoms with Gasteiger partial charge in [0, 0.05) is 0 Å². The maximum atomic E-state index is 12.7. The summed E-state index contributed by atoms with van der Waals surface area (Å²) >= 11 is 0. The first-order valence-corrected chi connectivity index (χ1v) is 9.97. The molecule has 4 nitrogen and oxygen atoms in total. The normalized spacial score (nSPS) is 13.4. The van der Waals surface area contributed by atoms with Gasteiger partial charge >= 0.3 is 11.9 Å². The fraction of sp³-hybridized carbons (Fsp3) is 0.905. The van der Waals surface area contributed by atoms with Gasteiger partial charge in [0.2, 0.25) is 0 Å². The summed E-state index contributed by atoms with van der Waals surface area (Å²) in [5, 5.41) is 0. The third kappa shape index (κ3) is 8.73. The number of esters is 2. The molecule has 0 heterocycles. The molecule has 0 radical (unpaired) electrons. The molecular formula is C21H40O4. The van der Waals surface area contributed by atoms with E-state index in [0.717, 1.165) is 32.1 Å². The maximum Gasteiger partial charge on any atom is 0.323 e. The molecule has 1 atom stereocenters. The van der Waals surface area contributed by atoms with Crippen LogP contribution in [0.4, 0.5) is 0 Å². The van der Waals surface area contributed by atoms with Crippen LogP contribution < -0.4 is 0 Å². The summed E-state index contributed by atoms with van der Waals surface area (Å²) in [7, 11) is 0. The summed E-state index contributed by atoms with van der Waals surface area (Å²) in [6, 6.07) is 0. The monoisotopic (exact) mass is 356 g/mol. The second-order valence-electron chi connectivity index (χ2n) is 8.45. The van der Waals surface area contributed by atoms with E-state index in [2.05, 4.69) is 34.6 Å². The van der Waals surface area contributed by atoms with E-state index in [1.54, 1.807) is 0 Å². The largest absolute Gasteiger partial charge is 0.465 e. The second-order valence-corrected chi connectivity index (χ2v) is 8.45. The molecule has 0 rings (SSSR count). The number of ether oxygens (including phenoxy) is 2. The minimum Gasteiger partial charge on any atom is -0.465 e.